The van der Waals surface area contributed by atoms with Gasteiger partial charge in [-0.3, -0.25) is 9.69 Å². The predicted molar refractivity (Wildman–Crippen MR) is 93.1 cm³/mol. The van der Waals surface area contributed by atoms with Crippen molar-refractivity contribution in [2.75, 3.05) is 45.2 Å². The van der Waals surface area contributed by atoms with Crippen molar-refractivity contribution in [3.05, 3.63) is 5.01 Å². The second-order valence-corrected chi connectivity index (χ2v) is 8.20. The number of amides is 1. The summed E-state index contributed by atoms with van der Waals surface area (Å²) in [5.41, 5.74) is 0.0718. The number of carbonyl (C=O) groups is 1. The van der Waals surface area contributed by atoms with E-state index < -0.39 is 0 Å². The molecule has 1 aromatic heterocycles. The Hall–Kier alpha value is -1.21. The maximum absolute atomic E-state index is 12.1. The molecular formula is C16H27N5OS. The van der Waals surface area contributed by atoms with Gasteiger partial charge in [0.15, 0.2) is 0 Å². The minimum Gasteiger partial charge on any atom is -0.346 e. The van der Waals surface area contributed by atoms with E-state index in [1.807, 2.05) is 11.9 Å². The molecule has 1 aromatic rings. The highest BCUT2D eigenvalue weighted by atomic mass is 32.1. The van der Waals surface area contributed by atoms with Gasteiger partial charge in [0.2, 0.25) is 11.0 Å². The van der Waals surface area contributed by atoms with Gasteiger partial charge in [-0.1, -0.05) is 25.2 Å². The molecule has 0 aliphatic carbocycles. The van der Waals surface area contributed by atoms with Crippen molar-refractivity contribution < 1.29 is 4.79 Å². The van der Waals surface area contributed by atoms with Crippen LogP contribution in [0.25, 0.3) is 0 Å². The van der Waals surface area contributed by atoms with E-state index in [-0.39, 0.29) is 11.4 Å². The molecule has 0 radical (unpaired) electrons. The summed E-state index contributed by atoms with van der Waals surface area (Å²) in [7, 11) is 4.12. The largest absolute Gasteiger partial charge is 0.346 e. The number of nitrogens with zero attached hydrogens (tertiary/aromatic N) is 5. The minimum atomic E-state index is 0.0718. The molecule has 0 unspecified atom stereocenters. The molecule has 2 aliphatic heterocycles. The van der Waals surface area contributed by atoms with E-state index in [1.54, 1.807) is 11.3 Å². The molecule has 23 heavy (non-hydrogen) atoms. The Morgan fingerprint density at radius 2 is 1.91 bits per heavy atom. The molecule has 1 spiro atoms. The van der Waals surface area contributed by atoms with Crippen LogP contribution in [-0.2, 0) is 4.79 Å². The fourth-order valence-corrected chi connectivity index (χ4v) is 4.38. The van der Waals surface area contributed by atoms with E-state index in [9.17, 15) is 4.79 Å². The lowest BCUT2D eigenvalue weighted by atomic mass is 9.86. The van der Waals surface area contributed by atoms with E-state index in [4.69, 9.17) is 0 Å². The first-order valence-electron chi connectivity index (χ1n) is 8.45. The van der Waals surface area contributed by atoms with Crippen LogP contribution < -0.4 is 4.90 Å². The summed E-state index contributed by atoms with van der Waals surface area (Å²) in [6, 6.07) is 0. The number of hydrogen-bond donors (Lipinski definition) is 0. The zero-order valence-corrected chi connectivity index (χ0v) is 15.4. The summed E-state index contributed by atoms with van der Waals surface area (Å²) < 4.78 is 0. The standard InChI is InChI=1S/C16H27N5OS/c1-12(2)14-17-18-15(23-14)21-10-9-20(4)16(11-21)6-5-13(22)19(3)8-7-16/h12H,5-11H2,1-4H3/t16-/m0/s1. The van der Waals surface area contributed by atoms with Gasteiger partial charge in [-0.15, -0.1) is 10.2 Å². The number of anilines is 1. The third kappa shape index (κ3) is 3.21. The van der Waals surface area contributed by atoms with Crippen LogP contribution in [0.4, 0.5) is 5.13 Å². The van der Waals surface area contributed by atoms with E-state index in [2.05, 4.69) is 40.9 Å². The summed E-state index contributed by atoms with van der Waals surface area (Å²) in [6.45, 7) is 8.08. The molecular weight excluding hydrogens is 310 g/mol. The summed E-state index contributed by atoms with van der Waals surface area (Å²) in [6.07, 6.45) is 2.60. The number of piperazine rings is 1. The van der Waals surface area contributed by atoms with Crippen LogP contribution in [0.5, 0.6) is 0 Å². The van der Waals surface area contributed by atoms with Crippen molar-refractivity contribution in [1.29, 1.82) is 0 Å². The lowest BCUT2D eigenvalue weighted by Gasteiger charge is -2.49. The minimum absolute atomic E-state index is 0.0718. The molecule has 0 saturated carbocycles. The van der Waals surface area contributed by atoms with Gasteiger partial charge in [-0.2, -0.15) is 0 Å². The Morgan fingerprint density at radius 3 is 2.61 bits per heavy atom. The maximum atomic E-state index is 12.1. The van der Waals surface area contributed by atoms with Crippen LogP contribution in [-0.4, -0.2) is 71.7 Å². The van der Waals surface area contributed by atoms with Crippen molar-refractivity contribution in [2.24, 2.45) is 0 Å². The number of likely N-dealkylation sites (tertiary alicyclic amines) is 1. The fraction of sp³-hybridized carbons (Fsp3) is 0.812. The average Bonchev–Trinajstić information content (AvgIpc) is 2.97. The van der Waals surface area contributed by atoms with Gasteiger partial charge in [0.25, 0.3) is 0 Å². The van der Waals surface area contributed by atoms with E-state index >= 15 is 0 Å². The Morgan fingerprint density at radius 1 is 1.13 bits per heavy atom. The van der Waals surface area contributed by atoms with Gasteiger partial charge in [0.1, 0.15) is 5.01 Å². The zero-order valence-electron chi connectivity index (χ0n) is 14.6. The summed E-state index contributed by atoms with van der Waals surface area (Å²) in [5, 5.41) is 10.9. The molecule has 0 N–H and O–H groups in total. The summed E-state index contributed by atoms with van der Waals surface area (Å²) in [5.74, 6) is 0.692. The van der Waals surface area contributed by atoms with Crippen LogP contribution in [0.2, 0.25) is 0 Å². The molecule has 2 aliphatic rings. The van der Waals surface area contributed by atoms with Gasteiger partial charge < -0.3 is 9.80 Å². The van der Waals surface area contributed by atoms with Gasteiger partial charge >= 0.3 is 0 Å². The van der Waals surface area contributed by atoms with Crippen LogP contribution in [0, 0.1) is 0 Å². The summed E-state index contributed by atoms with van der Waals surface area (Å²) in [4.78, 5) is 18.8. The Balaban J connectivity index is 1.79. The normalized spacial score (nSPS) is 27.1. The van der Waals surface area contributed by atoms with Crippen LogP contribution in [0.1, 0.15) is 44.0 Å². The molecule has 0 bridgehead atoms. The summed E-state index contributed by atoms with van der Waals surface area (Å²) >= 11 is 1.71. The van der Waals surface area contributed by atoms with Crippen molar-refractivity contribution in [2.45, 2.75) is 44.6 Å². The molecule has 3 heterocycles. The first-order chi connectivity index (χ1) is 10.9. The molecule has 6 nitrogen and oxygen atoms in total. The van der Waals surface area contributed by atoms with Crippen molar-refractivity contribution in [1.82, 2.24) is 20.0 Å². The van der Waals surface area contributed by atoms with E-state index in [0.29, 0.717) is 12.3 Å². The quantitative estimate of drug-likeness (QED) is 0.824. The molecule has 1 atom stereocenters. The van der Waals surface area contributed by atoms with Gasteiger partial charge in [-0.25, -0.2) is 0 Å². The molecule has 128 valence electrons. The van der Waals surface area contributed by atoms with Gasteiger partial charge in [0, 0.05) is 51.1 Å². The molecule has 2 saturated heterocycles. The molecule has 0 aromatic carbocycles. The second-order valence-electron chi connectivity index (χ2n) is 7.21. The van der Waals surface area contributed by atoms with Crippen molar-refractivity contribution in [3.63, 3.8) is 0 Å². The number of aromatic nitrogens is 2. The number of hydrogen-bond acceptors (Lipinski definition) is 6. The van der Waals surface area contributed by atoms with Crippen LogP contribution in [0.3, 0.4) is 0 Å². The SMILES string of the molecule is CC(C)c1nnc(N2CCN(C)[C@]3(CCC(=O)N(C)CC3)C2)s1. The monoisotopic (exact) mass is 337 g/mol. The average molecular weight is 337 g/mol. The number of rotatable bonds is 2. The number of carbonyl (C=O) groups excluding carboxylic acids is 1. The Kier molecular flexibility index (Phi) is 4.60. The molecule has 2 fully saturated rings. The molecule has 1 amide bonds. The van der Waals surface area contributed by atoms with E-state index in [0.717, 1.165) is 49.2 Å². The van der Waals surface area contributed by atoms with Crippen molar-refractivity contribution >= 4 is 22.4 Å². The fourth-order valence-electron chi connectivity index (χ4n) is 3.51. The maximum Gasteiger partial charge on any atom is 0.222 e. The topological polar surface area (TPSA) is 52.6 Å². The lowest BCUT2D eigenvalue weighted by Crippen LogP contribution is -2.61. The first-order valence-corrected chi connectivity index (χ1v) is 9.26. The van der Waals surface area contributed by atoms with Gasteiger partial charge in [0.05, 0.1) is 0 Å². The lowest BCUT2D eigenvalue weighted by molar-refractivity contribution is -0.129. The predicted octanol–water partition coefficient (Wildman–Crippen LogP) is 1.79. The smallest absolute Gasteiger partial charge is 0.222 e. The first kappa shape index (κ1) is 16.6. The van der Waals surface area contributed by atoms with Crippen molar-refractivity contribution in [3.8, 4) is 0 Å². The highest BCUT2D eigenvalue weighted by molar-refractivity contribution is 7.15. The van der Waals surface area contributed by atoms with Crippen LogP contribution in [0.15, 0.2) is 0 Å². The van der Waals surface area contributed by atoms with Gasteiger partial charge in [-0.05, 0) is 19.9 Å². The molecule has 3 rings (SSSR count). The third-order valence-electron chi connectivity index (χ3n) is 5.34. The van der Waals surface area contributed by atoms with Crippen LogP contribution >= 0.6 is 11.3 Å². The van der Waals surface area contributed by atoms with E-state index in [1.165, 1.54) is 0 Å². The molecule has 7 heteroatoms. The highest BCUT2D eigenvalue weighted by Gasteiger charge is 2.42. The number of likely N-dealkylation sites (N-methyl/N-ethyl adjacent to an activating group) is 1. The third-order valence-corrected chi connectivity index (χ3v) is 6.62. The highest BCUT2D eigenvalue weighted by Crippen LogP contribution is 2.35. The Labute approximate surface area is 142 Å². The Bertz CT molecular complexity index is 575. The zero-order chi connectivity index (χ0) is 16.6. The second kappa shape index (κ2) is 6.36.